The maximum absolute atomic E-state index is 10.8. The van der Waals surface area contributed by atoms with Crippen LogP contribution in [0.25, 0.3) is 0 Å². The van der Waals surface area contributed by atoms with E-state index in [1.165, 1.54) is 6.92 Å². The number of rotatable bonds is 3. The third-order valence-corrected chi connectivity index (χ3v) is 1.89. The van der Waals surface area contributed by atoms with Crippen molar-refractivity contribution in [2.75, 3.05) is 0 Å². The van der Waals surface area contributed by atoms with E-state index in [-0.39, 0.29) is 0 Å². The van der Waals surface area contributed by atoms with Gasteiger partial charge >= 0.3 is 11.9 Å². The molecule has 0 fully saturated rings. The highest BCUT2D eigenvalue weighted by Crippen LogP contribution is 2.18. The topological polar surface area (TPSA) is 63.6 Å². The number of esters is 1. The first kappa shape index (κ1) is 11.2. The molecule has 0 saturated carbocycles. The molecule has 15 heavy (non-hydrogen) atoms. The summed E-state index contributed by atoms with van der Waals surface area (Å²) in [5.41, 5.74) is 1.48. The van der Waals surface area contributed by atoms with Crippen LogP contribution in [0.4, 0.5) is 0 Å². The lowest BCUT2D eigenvalue weighted by atomic mass is 10.1. The number of hydrogen-bond donors (Lipinski definition) is 1. The number of ether oxygens (including phenoxy) is 1. The van der Waals surface area contributed by atoms with E-state index in [0.29, 0.717) is 5.56 Å². The van der Waals surface area contributed by atoms with Gasteiger partial charge in [-0.25, -0.2) is 4.79 Å². The molecule has 4 nitrogen and oxygen atoms in total. The Morgan fingerprint density at radius 2 is 1.80 bits per heavy atom. The molecular formula is C11H12O4. The van der Waals surface area contributed by atoms with Crippen molar-refractivity contribution < 1.29 is 19.4 Å². The number of carbonyl (C=O) groups is 2. The lowest BCUT2D eigenvalue weighted by Crippen LogP contribution is -2.17. The lowest BCUT2D eigenvalue weighted by molar-refractivity contribution is -0.163. The zero-order chi connectivity index (χ0) is 11.4. The van der Waals surface area contributed by atoms with Crippen LogP contribution in [0.2, 0.25) is 0 Å². The zero-order valence-corrected chi connectivity index (χ0v) is 8.56. The Morgan fingerprint density at radius 3 is 2.20 bits per heavy atom. The Kier molecular flexibility index (Phi) is 3.44. The molecule has 1 rings (SSSR count). The van der Waals surface area contributed by atoms with E-state index in [0.717, 1.165) is 5.56 Å². The normalized spacial score (nSPS) is 11.9. The number of carboxylic acids is 1. The van der Waals surface area contributed by atoms with Crippen molar-refractivity contribution in [2.45, 2.75) is 20.0 Å². The molecule has 0 spiro atoms. The Hall–Kier alpha value is -1.84. The van der Waals surface area contributed by atoms with Crippen LogP contribution in [-0.4, -0.2) is 17.0 Å². The Bertz CT molecular complexity index is 367. The summed E-state index contributed by atoms with van der Waals surface area (Å²) in [4.78, 5) is 21.6. The standard InChI is InChI=1S/C11H12O4/c1-7-3-5-9(6-4-7)10(11(13)14)15-8(2)12/h3-6,10H,1-2H3,(H,13,14). The number of hydrogen-bond acceptors (Lipinski definition) is 3. The molecule has 0 aromatic heterocycles. The average molecular weight is 208 g/mol. The summed E-state index contributed by atoms with van der Waals surface area (Å²) < 4.78 is 4.70. The van der Waals surface area contributed by atoms with E-state index in [1.54, 1.807) is 24.3 Å². The van der Waals surface area contributed by atoms with Crippen molar-refractivity contribution >= 4 is 11.9 Å². The maximum Gasteiger partial charge on any atom is 0.349 e. The summed E-state index contributed by atoms with van der Waals surface area (Å²) in [6, 6.07) is 6.82. The van der Waals surface area contributed by atoms with Gasteiger partial charge in [0.2, 0.25) is 6.10 Å². The molecule has 1 aromatic rings. The summed E-state index contributed by atoms with van der Waals surface area (Å²) in [7, 11) is 0. The molecule has 0 aliphatic heterocycles. The van der Waals surface area contributed by atoms with Crippen molar-refractivity contribution in [3.8, 4) is 0 Å². The monoisotopic (exact) mass is 208 g/mol. The summed E-state index contributed by atoms with van der Waals surface area (Å²) in [6.45, 7) is 3.08. The van der Waals surface area contributed by atoms with Crippen LogP contribution in [0.1, 0.15) is 24.2 Å². The van der Waals surface area contributed by atoms with Crippen LogP contribution < -0.4 is 0 Å². The van der Waals surface area contributed by atoms with Gasteiger partial charge in [0.25, 0.3) is 0 Å². The molecule has 0 saturated heterocycles. The highest BCUT2D eigenvalue weighted by Gasteiger charge is 2.22. The predicted octanol–water partition coefficient (Wildman–Crippen LogP) is 1.68. The van der Waals surface area contributed by atoms with E-state index in [2.05, 4.69) is 0 Å². The predicted molar refractivity (Wildman–Crippen MR) is 53.3 cm³/mol. The number of aryl methyl sites for hydroxylation is 1. The molecule has 0 amide bonds. The minimum Gasteiger partial charge on any atom is -0.478 e. The van der Waals surface area contributed by atoms with Crippen molar-refractivity contribution in [3.05, 3.63) is 35.4 Å². The minimum atomic E-state index is -1.22. The van der Waals surface area contributed by atoms with E-state index in [4.69, 9.17) is 9.84 Å². The molecule has 0 radical (unpaired) electrons. The second-order valence-corrected chi connectivity index (χ2v) is 3.24. The van der Waals surface area contributed by atoms with E-state index in [9.17, 15) is 9.59 Å². The second-order valence-electron chi connectivity index (χ2n) is 3.24. The average Bonchev–Trinajstić information content (AvgIpc) is 2.15. The third-order valence-electron chi connectivity index (χ3n) is 1.89. The van der Waals surface area contributed by atoms with Crippen LogP contribution in [0.3, 0.4) is 0 Å². The number of carboxylic acid groups (broad SMARTS) is 1. The number of benzene rings is 1. The molecule has 1 unspecified atom stereocenters. The fourth-order valence-corrected chi connectivity index (χ4v) is 1.17. The lowest BCUT2D eigenvalue weighted by Gasteiger charge is -2.12. The zero-order valence-electron chi connectivity index (χ0n) is 8.56. The first-order chi connectivity index (χ1) is 7.00. The van der Waals surface area contributed by atoms with Crippen LogP contribution >= 0.6 is 0 Å². The highest BCUT2D eigenvalue weighted by molar-refractivity contribution is 5.78. The maximum atomic E-state index is 10.8. The van der Waals surface area contributed by atoms with Gasteiger partial charge in [-0.1, -0.05) is 29.8 Å². The summed E-state index contributed by atoms with van der Waals surface area (Å²) in [6.07, 6.45) is -1.22. The van der Waals surface area contributed by atoms with Gasteiger partial charge < -0.3 is 9.84 Å². The Labute approximate surface area is 87.5 Å². The quantitative estimate of drug-likeness (QED) is 0.767. The summed E-state index contributed by atoms with van der Waals surface area (Å²) >= 11 is 0. The van der Waals surface area contributed by atoms with Crippen LogP contribution in [0.15, 0.2) is 24.3 Å². The van der Waals surface area contributed by atoms with Crippen molar-refractivity contribution in [3.63, 3.8) is 0 Å². The molecule has 0 heterocycles. The van der Waals surface area contributed by atoms with Crippen LogP contribution in [0, 0.1) is 6.92 Å². The summed E-state index contributed by atoms with van der Waals surface area (Å²) in [5.74, 6) is -1.78. The van der Waals surface area contributed by atoms with Gasteiger partial charge in [0.05, 0.1) is 0 Å². The Balaban J connectivity index is 2.94. The van der Waals surface area contributed by atoms with Gasteiger partial charge in [-0.15, -0.1) is 0 Å². The molecule has 4 heteroatoms. The van der Waals surface area contributed by atoms with Gasteiger partial charge in [0.1, 0.15) is 0 Å². The van der Waals surface area contributed by atoms with E-state index in [1.807, 2.05) is 6.92 Å². The minimum absolute atomic E-state index is 0.461. The molecule has 1 atom stereocenters. The van der Waals surface area contributed by atoms with Crippen molar-refractivity contribution in [1.82, 2.24) is 0 Å². The number of aliphatic carboxylic acids is 1. The first-order valence-corrected chi connectivity index (χ1v) is 4.47. The van der Waals surface area contributed by atoms with Gasteiger partial charge in [-0.2, -0.15) is 0 Å². The molecule has 0 bridgehead atoms. The number of carbonyl (C=O) groups excluding carboxylic acids is 1. The van der Waals surface area contributed by atoms with Gasteiger partial charge in [-0.05, 0) is 6.92 Å². The van der Waals surface area contributed by atoms with Crippen molar-refractivity contribution in [2.24, 2.45) is 0 Å². The Morgan fingerprint density at radius 1 is 1.27 bits per heavy atom. The molecule has 0 aliphatic rings. The fourth-order valence-electron chi connectivity index (χ4n) is 1.17. The van der Waals surface area contributed by atoms with E-state index >= 15 is 0 Å². The fraction of sp³-hybridized carbons (Fsp3) is 0.273. The van der Waals surface area contributed by atoms with Crippen LogP contribution in [0.5, 0.6) is 0 Å². The second kappa shape index (κ2) is 4.59. The molecule has 1 N–H and O–H groups in total. The SMILES string of the molecule is CC(=O)OC(C(=O)O)c1ccc(C)cc1. The van der Waals surface area contributed by atoms with Crippen LogP contribution in [-0.2, 0) is 14.3 Å². The first-order valence-electron chi connectivity index (χ1n) is 4.47. The van der Waals surface area contributed by atoms with Crippen molar-refractivity contribution in [1.29, 1.82) is 0 Å². The highest BCUT2D eigenvalue weighted by atomic mass is 16.6. The third kappa shape index (κ3) is 3.09. The molecule has 1 aromatic carbocycles. The van der Waals surface area contributed by atoms with E-state index < -0.39 is 18.0 Å². The van der Waals surface area contributed by atoms with Gasteiger partial charge in [0, 0.05) is 12.5 Å². The van der Waals surface area contributed by atoms with Gasteiger partial charge in [-0.3, -0.25) is 4.79 Å². The molecular weight excluding hydrogens is 196 g/mol. The largest absolute Gasteiger partial charge is 0.478 e. The smallest absolute Gasteiger partial charge is 0.349 e. The molecule has 0 aliphatic carbocycles. The molecule has 80 valence electrons. The summed E-state index contributed by atoms with van der Waals surface area (Å²) in [5, 5.41) is 8.87. The van der Waals surface area contributed by atoms with Gasteiger partial charge in [0.15, 0.2) is 0 Å².